The summed E-state index contributed by atoms with van der Waals surface area (Å²) in [6.45, 7) is 1.01. The van der Waals surface area contributed by atoms with E-state index in [0.29, 0.717) is 10.7 Å². The Hall–Kier alpha value is -2.66. The van der Waals surface area contributed by atoms with E-state index in [2.05, 4.69) is 21.1 Å². The van der Waals surface area contributed by atoms with Crippen LogP contribution in [0.2, 0.25) is 5.15 Å². The maximum absolute atomic E-state index is 12.5. The van der Waals surface area contributed by atoms with Gasteiger partial charge in [0.2, 0.25) is 0 Å². The number of nitrogens with one attached hydrogen (secondary N) is 1. The Labute approximate surface area is 150 Å². The summed E-state index contributed by atoms with van der Waals surface area (Å²) in [5, 5.41) is 3.32. The van der Waals surface area contributed by atoms with Crippen LogP contribution in [0.15, 0.2) is 48.8 Å². The van der Waals surface area contributed by atoms with Gasteiger partial charge in [-0.25, -0.2) is 9.97 Å². The molecule has 0 atom stereocenters. The first kappa shape index (κ1) is 15.8. The van der Waals surface area contributed by atoms with E-state index in [1.165, 1.54) is 19.0 Å². The first-order chi connectivity index (χ1) is 12.2. The van der Waals surface area contributed by atoms with Crippen molar-refractivity contribution in [3.8, 4) is 11.3 Å². The number of benzene rings is 1. The minimum absolute atomic E-state index is 0.222. The predicted octanol–water partition coefficient (Wildman–Crippen LogP) is 4.19. The van der Waals surface area contributed by atoms with Crippen LogP contribution >= 0.6 is 11.6 Å². The second kappa shape index (κ2) is 6.69. The number of hydrogen-bond acceptors (Lipinski definition) is 3. The third-order valence-electron chi connectivity index (χ3n) is 4.35. The number of fused-ring (bicyclic) bond motifs is 1. The number of aryl methyl sites for hydroxylation is 2. The number of para-hydroxylation sites is 1. The third kappa shape index (κ3) is 3.28. The van der Waals surface area contributed by atoms with E-state index in [-0.39, 0.29) is 5.91 Å². The van der Waals surface area contributed by atoms with E-state index in [1.807, 2.05) is 24.3 Å². The number of imidazole rings is 1. The Morgan fingerprint density at radius 2 is 2.04 bits per heavy atom. The zero-order valence-electron chi connectivity index (χ0n) is 13.6. The van der Waals surface area contributed by atoms with Crippen molar-refractivity contribution in [2.75, 3.05) is 5.32 Å². The molecule has 0 saturated heterocycles. The van der Waals surface area contributed by atoms with Crippen LogP contribution in [0.5, 0.6) is 0 Å². The summed E-state index contributed by atoms with van der Waals surface area (Å²) in [6, 6.07) is 11.0. The third-order valence-corrected chi connectivity index (χ3v) is 4.57. The molecule has 0 saturated carbocycles. The summed E-state index contributed by atoms with van der Waals surface area (Å²) >= 11 is 5.78. The lowest BCUT2D eigenvalue weighted by molar-refractivity contribution is 0.102. The lowest BCUT2D eigenvalue weighted by Crippen LogP contribution is -2.12. The Balaban J connectivity index is 1.64. The van der Waals surface area contributed by atoms with Crippen LogP contribution in [0.4, 0.5) is 5.69 Å². The fourth-order valence-corrected chi connectivity index (χ4v) is 3.17. The van der Waals surface area contributed by atoms with Gasteiger partial charge in [0.15, 0.2) is 0 Å². The minimum atomic E-state index is -0.222. The van der Waals surface area contributed by atoms with Gasteiger partial charge in [-0.1, -0.05) is 29.8 Å². The SMILES string of the molecule is O=C(Nc1ccccc1-c1cn2c(n1)CCCC2)c1ccc(Cl)nc1. The molecule has 3 aromatic rings. The Kier molecular flexibility index (Phi) is 4.24. The maximum atomic E-state index is 12.5. The normalized spacial score (nSPS) is 13.3. The summed E-state index contributed by atoms with van der Waals surface area (Å²) < 4.78 is 2.21. The fraction of sp³-hybridized carbons (Fsp3) is 0.211. The number of anilines is 1. The van der Waals surface area contributed by atoms with Crippen LogP contribution in [0.1, 0.15) is 29.0 Å². The molecule has 0 unspecified atom stereocenters. The molecule has 1 N–H and O–H groups in total. The number of hydrogen-bond donors (Lipinski definition) is 1. The minimum Gasteiger partial charge on any atom is -0.334 e. The van der Waals surface area contributed by atoms with Gasteiger partial charge in [-0.05, 0) is 31.0 Å². The van der Waals surface area contributed by atoms with E-state index in [0.717, 1.165) is 35.7 Å². The van der Waals surface area contributed by atoms with Crippen molar-refractivity contribution in [2.24, 2.45) is 0 Å². The summed E-state index contributed by atoms with van der Waals surface area (Å²) in [6.07, 6.45) is 6.91. The number of nitrogens with zero attached hydrogens (tertiary/aromatic N) is 3. The Morgan fingerprint density at radius 3 is 2.84 bits per heavy atom. The number of carbonyl (C=O) groups is 1. The smallest absolute Gasteiger partial charge is 0.257 e. The number of halogens is 1. The highest BCUT2D eigenvalue weighted by molar-refractivity contribution is 6.29. The molecule has 0 fully saturated rings. The van der Waals surface area contributed by atoms with Crippen molar-refractivity contribution in [2.45, 2.75) is 25.8 Å². The van der Waals surface area contributed by atoms with Crippen molar-refractivity contribution >= 4 is 23.2 Å². The zero-order chi connectivity index (χ0) is 17.2. The van der Waals surface area contributed by atoms with E-state index in [4.69, 9.17) is 16.6 Å². The topological polar surface area (TPSA) is 59.8 Å². The zero-order valence-corrected chi connectivity index (χ0v) is 14.3. The largest absolute Gasteiger partial charge is 0.334 e. The van der Waals surface area contributed by atoms with Crippen LogP contribution in [0.3, 0.4) is 0 Å². The number of amides is 1. The van der Waals surface area contributed by atoms with Crippen LogP contribution in [-0.4, -0.2) is 20.4 Å². The van der Waals surface area contributed by atoms with Crippen molar-refractivity contribution in [1.29, 1.82) is 0 Å². The van der Waals surface area contributed by atoms with Gasteiger partial charge in [-0.15, -0.1) is 0 Å². The fourth-order valence-electron chi connectivity index (χ4n) is 3.06. The molecule has 2 aromatic heterocycles. The molecule has 1 amide bonds. The second-order valence-corrected chi connectivity index (χ2v) is 6.45. The van der Waals surface area contributed by atoms with Gasteiger partial charge in [0.1, 0.15) is 11.0 Å². The van der Waals surface area contributed by atoms with Gasteiger partial charge in [0, 0.05) is 30.9 Å². The highest BCUT2D eigenvalue weighted by Crippen LogP contribution is 2.29. The predicted molar refractivity (Wildman–Crippen MR) is 97.8 cm³/mol. The van der Waals surface area contributed by atoms with Crippen molar-refractivity contribution in [1.82, 2.24) is 14.5 Å². The molecule has 25 heavy (non-hydrogen) atoms. The quantitative estimate of drug-likeness (QED) is 0.719. The average Bonchev–Trinajstić information content (AvgIpc) is 3.06. The van der Waals surface area contributed by atoms with Crippen LogP contribution in [0, 0.1) is 0 Å². The summed E-state index contributed by atoms with van der Waals surface area (Å²) in [5.41, 5.74) is 3.00. The molecule has 3 heterocycles. The number of carbonyl (C=O) groups excluding carboxylic acids is 1. The maximum Gasteiger partial charge on any atom is 0.257 e. The molecule has 6 heteroatoms. The Bertz CT molecular complexity index is 894. The van der Waals surface area contributed by atoms with Gasteiger partial charge < -0.3 is 9.88 Å². The van der Waals surface area contributed by atoms with Crippen molar-refractivity contribution < 1.29 is 4.79 Å². The molecule has 0 spiro atoms. The average molecular weight is 353 g/mol. The molecule has 0 bridgehead atoms. The molecule has 1 aliphatic rings. The summed E-state index contributed by atoms with van der Waals surface area (Å²) in [7, 11) is 0. The van der Waals surface area contributed by atoms with Gasteiger partial charge in [-0.3, -0.25) is 4.79 Å². The monoisotopic (exact) mass is 352 g/mol. The summed E-state index contributed by atoms with van der Waals surface area (Å²) in [5.74, 6) is 0.893. The molecule has 1 aromatic carbocycles. The Morgan fingerprint density at radius 1 is 1.16 bits per heavy atom. The second-order valence-electron chi connectivity index (χ2n) is 6.06. The van der Waals surface area contributed by atoms with Crippen LogP contribution < -0.4 is 5.32 Å². The van der Waals surface area contributed by atoms with Crippen LogP contribution in [-0.2, 0) is 13.0 Å². The molecular weight excluding hydrogens is 336 g/mol. The molecule has 4 rings (SSSR count). The van der Waals surface area contributed by atoms with Gasteiger partial charge in [0.05, 0.1) is 16.9 Å². The molecule has 5 nitrogen and oxygen atoms in total. The van der Waals surface area contributed by atoms with Gasteiger partial charge >= 0.3 is 0 Å². The molecule has 0 radical (unpaired) electrons. The van der Waals surface area contributed by atoms with E-state index >= 15 is 0 Å². The van der Waals surface area contributed by atoms with E-state index in [9.17, 15) is 4.79 Å². The lowest BCUT2D eigenvalue weighted by Gasteiger charge is -2.11. The van der Waals surface area contributed by atoms with Gasteiger partial charge in [-0.2, -0.15) is 0 Å². The lowest BCUT2D eigenvalue weighted by atomic mass is 10.1. The molecular formula is C19H17ClN4O. The van der Waals surface area contributed by atoms with E-state index in [1.54, 1.807) is 12.1 Å². The number of aromatic nitrogens is 3. The van der Waals surface area contributed by atoms with Crippen LogP contribution in [0.25, 0.3) is 11.3 Å². The number of rotatable bonds is 3. The molecule has 1 aliphatic heterocycles. The van der Waals surface area contributed by atoms with Crippen molar-refractivity contribution in [3.63, 3.8) is 0 Å². The summed E-state index contributed by atoms with van der Waals surface area (Å²) in [4.78, 5) is 21.2. The highest BCUT2D eigenvalue weighted by atomic mass is 35.5. The highest BCUT2D eigenvalue weighted by Gasteiger charge is 2.16. The molecule has 0 aliphatic carbocycles. The first-order valence-corrected chi connectivity index (χ1v) is 8.67. The molecule has 126 valence electrons. The number of pyridine rings is 1. The van der Waals surface area contributed by atoms with Crippen molar-refractivity contribution in [3.05, 3.63) is 65.3 Å². The van der Waals surface area contributed by atoms with Gasteiger partial charge in [0.25, 0.3) is 5.91 Å². The first-order valence-electron chi connectivity index (χ1n) is 8.29. The standard InChI is InChI=1S/C19H17ClN4O/c20-17-9-8-13(11-21-17)19(25)23-15-6-2-1-5-14(15)16-12-24-10-4-3-7-18(24)22-16/h1-2,5-6,8-9,11-12H,3-4,7,10H2,(H,23,25). The van der Waals surface area contributed by atoms with E-state index < -0.39 is 0 Å².